The molecule has 4 N–H and O–H groups in total. The standard InChI is InChI=1S/C27H36N4O3S/c1-5-35(33,34)31-11-9-19(10-12-31)25-16-29-26-23(25)14-22(15-24(26)27(28)32)21-8-6-7-20(13-21)18(4)30-17(2)3/h6-8,13-19,29-30H,5,9-12H2,1-4H3,(H2,28,32). The van der Waals surface area contributed by atoms with E-state index >= 15 is 0 Å². The maximum atomic E-state index is 12.4. The van der Waals surface area contributed by atoms with Gasteiger partial charge in [-0.2, -0.15) is 0 Å². The fourth-order valence-electron chi connectivity index (χ4n) is 5.16. The zero-order valence-corrected chi connectivity index (χ0v) is 21.8. The van der Waals surface area contributed by atoms with Crippen LogP contribution in [0.4, 0.5) is 0 Å². The first-order valence-electron chi connectivity index (χ1n) is 12.4. The van der Waals surface area contributed by atoms with Gasteiger partial charge in [0, 0.05) is 36.8 Å². The Labute approximate surface area is 208 Å². The lowest BCUT2D eigenvalue weighted by Crippen LogP contribution is -2.38. The Kier molecular flexibility index (Phi) is 7.35. The highest BCUT2D eigenvalue weighted by Crippen LogP contribution is 2.37. The molecule has 1 aliphatic rings. The van der Waals surface area contributed by atoms with Gasteiger partial charge < -0.3 is 16.0 Å². The monoisotopic (exact) mass is 496 g/mol. The number of nitrogens with zero attached hydrogens (tertiary/aromatic N) is 1. The number of primary amides is 1. The molecule has 1 amide bonds. The zero-order chi connectivity index (χ0) is 25.3. The summed E-state index contributed by atoms with van der Waals surface area (Å²) in [6.45, 7) is 9.11. The molecule has 1 fully saturated rings. The van der Waals surface area contributed by atoms with E-state index in [1.807, 2.05) is 18.3 Å². The molecule has 1 aliphatic heterocycles. The van der Waals surface area contributed by atoms with Crippen LogP contribution in [-0.2, 0) is 10.0 Å². The maximum absolute atomic E-state index is 12.4. The van der Waals surface area contributed by atoms with Gasteiger partial charge >= 0.3 is 0 Å². The van der Waals surface area contributed by atoms with Gasteiger partial charge in [-0.15, -0.1) is 0 Å². The Morgan fingerprint density at radius 3 is 2.49 bits per heavy atom. The van der Waals surface area contributed by atoms with Crippen LogP contribution in [-0.4, -0.2) is 48.5 Å². The van der Waals surface area contributed by atoms with E-state index in [4.69, 9.17) is 5.73 Å². The molecule has 188 valence electrons. The van der Waals surface area contributed by atoms with Gasteiger partial charge in [0.15, 0.2) is 0 Å². The molecular weight excluding hydrogens is 460 g/mol. The Morgan fingerprint density at radius 2 is 1.86 bits per heavy atom. The first-order valence-corrected chi connectivity index (χ1v) is 14.0. The van der Waals surface area contributed by atoms with Crippen molar-refractivity contribution in [2.45, 2.75) is 58.5 Å². The molecule has 2 heterocycles. The highest BCUT2D eigenvalue weighted by molar-refractivity contribution is 7.89. The van der Waals surface area contributed by atoms with E-state index < -0.39 is 15.9 Å². The number of hydrogen-bond donors (Lipinski definition) is 3. The third kappa shape index (κ3) is 5.29. The number of carbonyl (C=O) groups excluding carboxylic acids is 1. The lowest BCUT2D eigenvalue weighted by Gasteiger charge is -2.31. The number of H-pyrrole nitrogens is 1. The average Bonchev–Trinajstić information content (AvgIpc) is 3.27. The highest BCUT2D eigenvalue weighted by atomic mass is 32.2. The van der Waals surface area contributed by atoms with Crippen LogP contribution in [0, 0.1) is 0 Å². The summed E-state index contributed by atoms with van der Waals surface area (Å²) in [6.07, 6.45) is 3.45. The van der Waals surface area contributed by atoms with E-state index in [0.29, 0.717) is 24.7 Å². The maximum Gasteiger partial charge on any atom is 0.250 e. The van der Waals surface area contributed by atoms with Crippen molar-refractivity contribution in [1.29, 1.82) is 0 Å². The van der Waals surface area contributed by atoms with Crippen molar-refractivity contribution in [1.82, 2.24) is 14.6 Å². The van der Waals surface area contributed by atoms with Gasteiger partial charge in [-0.3, -0.25) is 4.79 Å². The van der Waals surface area contributed by atoms with E-state index in [-0.39, 0.29) is 17.7 Å². The Bertz CT molecular complexity index is 1320. The normalized spacial score (nSPS) is 16.7. The molecule has 0 spiro atoms. The number of benzene rings is 2. The quantitative estimate of drug-likeness (QED) is 0.426. The van der Waals surface area contributed by atoms with E-state index in [1.54, 1.807) is 11.2 Å². The van der Waals surface area contributed by atoms with Crippen molar-refractivity contribution < 1.29 is 13.2 Å². The van der Waals surface area contributed by atoms with Crippen molar-refractivity contribution in [2.75, 3.05) is 18.8 Å². The van der Waals surface area contributed by atoms with E-state index in [1.165, 1.54) is 5.56 Å². The number of carbonyl (C=O) groups is 1. The third-order valence-corrected chi connectivity index (χ3v) is 8.92. The summed E-state index contributed by atoms with van der Waals surface area (Å²) in [5, 5.41) is 4.52. The SMILES string of the molecule is CCS(=O)(=O)N1CCC(c2c[nH]c3c(C(N)=O)cc(-c4cccc(C(C)NC(C)C)c4)cc23)CC1. The van der Waals surface area contributed by atoms with Crippen LogP contribution in [0.15, 0.2) is 42.6 Å². The second-order valence-electron chi connectivity index (χ2n) is 9.80. The van der Waals surface area contributed by atoms with Crippen molar-refractivity contribution >= 4 is 26.8 Å². The molecule has 0 radical (unpaired) electrons. The number of rotatable bonds is 8. The van der Waals surface area contributed by atoms with Crippen LogP contribution in [0.5, 0.6) is 0 Å². The average molecular weight is 497 g/mol. The Morgan fingerprint density at radius 1 is 1.14 bits per heavy atom. The van der Waals surface area contributed by atoms with Crippen LogP contribution in [0.25, 0.3) is 22.0 Å². The van der Waals surface area contributed by atoms with Crippen molar-refractivity contribution in [3.63, 3.8) is 0 Å². The van der Waals surface area contributed by atoms with Gasteiger partial charge in [0.2, 0.25) is 10.0 Å². The number of aromatic nitrogens is 1. The van der Waals surface area contributed by atoms with Crippen molar-refractivity contribution in [3.8, 4) is 11.1 Å². The molecule has 0 aliphatic carbocycles. The fraction of sp³-hybridized carbons (Fsp3) is 0.444. The minimum atomic E-state index is -3.18. The lowest BCUT2D eigenvalue weighted by molar-refractivity contribution is 0.100. The predicted octanol–water partition coefficient (Wildman–Crippen LogP) is 4.52. The molecule has 1 unspecified atom stereocenters. The molecule has 0 saturated carbocycles. The number of nitrogens with one attached hydrogen (secondary N) is 2. The number of aromatic amines is 1. The van der Waals surface area contributed by atoms with Gasteiger partial charge in [0.25, 0.3) is 5.91 Å². The van der Waals surface area contributed by atoms with Gasteiger partial charge in [0.05, 0.1) is 16.8 Å². The number of sulfonamides is 1. The molecule has 35 heavy (non-hydrogen) atoms. The van der Waals surface area contributed by atoms with Gasteiger partial charge in [-0.1, -0.05) is 32.0 Å². The summed E-state index contributed by atoms with van der Waals surface area (Å²) in [5.74, 6) is -0.134. The predicted molar refractivity (Wildman–Crippen MR) is 142 cm³/mol. The smallest absolute Gasteiger partial charge is 0.250 e. The first-order chi connectivity index (χ1) is 16.6. The number of amides is 1. The van der Waals surface area contributed by atoms with Crippen molar-refractivity contribution in [2.24, 2.45) is 5.73 Å². The third-order valence-electron chi connectivity index (χ3n) is 7.04. The second kappa shape index (κ2) is 10.1. The molecular formula is C27H36N4O3S. The van der Waals surface area contributed by atoms with Gasteiger partial charge in [-0.05, 0) is 73.1 Å². The molecule has 7 nitrogen and oxygen atoms in total. The molecule has 0 bridgehead atoms. The number of hydrogen-bond acceptors (Lipinski definition) is 4. The second-order valence-corrected chi connectivity index (χ2v) is 12.1. The number of nitrogens with two attached hydrogens (primary N) is 1. The summed E-state index contributed by atoms with van der Waals surface area (Å²) in [7, 11) is -3.18. The van der Waals surface area contributed by atoms with Crippen LogP contribution in [0.1, 0.15) is 74.0 Å². The van der Waals surface area contributed by atoms with Gasteiger partial charge in [0.1, 0.15) is 0 Å². The Hall–Kier alpha value is -2.68. The molecule has 8 heteroatoms. The van der Waals surface area contributed by atoms with E-state index in [2.05, 4.69) is 55.3 Å². The summed E-state index contributed by atoms with van der Waals surface area (Å²) in [4.78, 5) is 15.7. The van der Waals surface area contributed by atoms with Crippen LogP contribution < -0.4 is 11.1 Å². The summed E-state index contributed by atoms with van der Waals surface area (Å²) >= 11 is 0. The minimum Gasteiger partial charge on any atom is -0.366 e. The van der Waals surface area contributed by atoms with Crippen LogP contribution in [0.3, 0.4) is 0 Å². The fourth-order valence-corrected chi connectivity index (χ4v) is 6.30. The topological polar surface area (TPSA) is 108 Å². The van der Waals surface area contributed by atoms with Crippen molar-refractivity contribution in [3.05, 3.63) is 59.3 Å². The lowest BCUT2D eigenvalue weighted by atomic mass is 9.88. The summed E-state index contributed by atoms with van der Waals surface area (Å²) in [5.41, 5.74) is 11.3. The largest absolute Gasteiger partial charge is 0.366 e. The Balaban J connectivity index is 1.72. The molecule has 1 atom stereocenters. The molecule has 1 saturated heterocycles. The van der Waals surface area contributed by atoms with E-state index in [9.17, 15) is 13.2 Å². The summed E-state index contributed by atoms with van der Waals surface area (Å²) in [6, 6.07) is 12.9. The molecule has 4 rings (SSSR count). The number of piperidine rings is 1. The van der Waals surface area contributed by atoms with Crippen LogP contribution in [0.2, 0.25) is 0 Å². The first kappa shape index (κ1) is 25.4. The van der Waals surface area contributed by atoms with Gasteiger partial charge in [-0.25, -0.2) is 12.7 Å². The van der Waals surface area contributed by atoms with E-state index in [0.717, 1.165) is 40.4 Å². The number of fused-ring (bicyclic) bond motifs is 1. The minimum absolute atomic E-state index is 0.125. The molecule has 2 aromatic carbocycles. The van der Waals surface area contributed by atoms with Crippen LogP contribution >= 0.6 is 0 Å². The summed E-state index contributed by atoms with van der Waals surface area (Å²) < 4.78 is 26.2. The molecule has 3 aromatic rings. The highest BCUT2D eigenvalue weighted by Gasteiger charge is 2.29. The zero-order valence-electron chi connectivity index (χ0n) is 21.0. The molecule has 1 aromatic heterocycles.